The van der Waals surface area contributed by atoms with E-state index in [1.54, 1.807) is 12.1 Å². The number of alkyl halides is 2. The highest BCUT2D eigenvalue weighted by Gasteiger charge is 2.28. The van der Waals surface area contributed by atoms with Gasteiger partial charge in [0, 0.05) is 6.04 Å². The molecule has 1 aliphatic heterocycles. The number of carbonyl (C=O) groups is 1. The van der Waals surface area contributed by atoms with Gasteiger partial charge >= 0.3 is 5.97 Å². The number of carboxylic acids is 1. The van der Waals surface area contributed by atoms with E-state index in [2.05, 4.69) is 18.7 Å². The molecule has 1 atom stereocenters. The molecular formula is C26H33F2NO3. The lowest BCUT2D eigenvalue weighted by Gasteiger charge is -2.35. The molecule has 32 heavy (non-hydrogen) atoms. The normalized spacial score (nSPS) is 24.0. The minimum Gasteiger partial charge on any atom is -0.490 e. The molecule has 0 bridgehead atoms. The number of ether oxygens (including phenoxy) is 1. The Labute approximate surface area is 188 Å². The molecule has 1 aliphatic carbocycles. The minimum absolute atomic E-state index is 0.00850. The summed E-state index contributed by atoms with van der Waals surface area (Å²) in [5.41, 5.74) is 1.05. The maximum Gasteiger partial charge on any atom is 0.306 e. The third kappa shape index (κ3) is 4.90. The molecule has 2 aromatic carbocycles. The van der Waals surface area contributed by atoms with Crippen molar-refractivity contribution in [3.8, 4) is 5.75 Å². The van der Waals surface area contributed by atoms with Crippen molar-refractivity contribution in [3.05, 3.63) is 41.5 Å². The molecule has 2 aliphatic rings. The number of piperidine rings is 1. The fourth-order valence-electron chi connectivity index (χ4n) is 5.21. The van der Waals surface area contributed by atoms with Gasteiger partial charge in [0.25, 0.3) is 6.43 Å². The lowest BCUT2D eigenvalue weighted by molar-refractivity contribution is -0.143. The molecular weight excluding hydrogens is 412 g/mol. The molecule has 1 heterocycles. The molecule has 0 spiro atoms. The SMILES string of the molecule is CC1CCC(Oc2ccc3cc(C(C)N4CCC(C(=O)O)CC4)ccc3c2C(F)F)CC1. The van der Waals surface area contributed by atoms with Crippen LogP contribution in [0.2, 0.25) is 0 Å². The van der Waals surface area contributed by atoms with Crippen LogP contribution in [0, 0.1) is 11.8 Å². The summed E-state index contributed by atoms with van der Waals surface area (Å²) in [6, 6.07) is 9.39. The molecule has 1 unspecified atom stereocenters. The Hall–Kier alpha value is -2.21. The number of carboxylic acid groups (broad SMARTS) is 1. The van der Waals surface area contributed by atoms with Crippen LogP contribution in [0.3, 0.4) is 0 Å². The zero-order chi connectivity index (χ0) is 22.8. The molecule has 0 aromatic heterocycles. The first-order valence-corrected chi connectivity index (χ1v) is 11.8. The van der Waals surface area contributed by atoms with E-state index in [9.17, 15) is 18.7 Å². The van der Waals surface area contributed by atoms with Crippen LogP contribution in [0.5, 0.6) is 5.75 Å². The van der Waals surface area contributed by atoms with Gasteiger partial charge in [-0.2, -0.15) is 0 Å². The standard InChI is InChI=1S/C26H33F2NO3/c1-16-3-7-21(8-4-16)32-23-10-6-20-15-19(5-9-22(20)24(23)25(27)28)17(2)29-13-11-18(12-14-29)26(30)31/h5-6,9-10,15-18,21,25H,3-4,7-8,11-14H2,1-2H3,(H,30,31). The van der Waals surface area contributed by atoms with E-state index in [4.69, 9.17) is 4.74 Å². The van der Waals surface area contributed by atoms with Crippen molar-refractivity contribution in [2.75, 3.05) is 13.1 Å². The van der Waals surface area contributed by atoms with Crippen molar-refractivity contribution in [3.63, 3.8) is 0 Å². The van der Waals surface area contributed by atoms with Crippen LogP contribution in [0.4, 0.5) is 8.78 Å². The van der Waals surface area contributed by atoms with Crippen LogP contribution in [-0.2, 0) is 4.79 Å². The fourth-order valence-corrected chi connectivity index (χ4v) is 5.21. The average Bonchev–Trinajstić information content (AvgIpc) is 2.79. The molecule has 174 valence electrons. The second-order valence-electron chi connectivity index (χ2n) is 9.58. The summed E-state index contributed by atoms with van der Waals surface area (Å²) in [7, 11) is 0. The molecule has 6 heteroatoms. The van der Waals surface area contributed by atoms with E-state index in [-0.39, 0.29) is 23.6 Å². The number of halogens is 2. The number of rotatable bonds is 6. The van der Waals surface area contributed by atoms with Gasteiger partial charge < -0.3 is 9.84 Å². The van der Waals surface area contributed by atoms with Gasteiger partial charge in [-0.25, -0.2) is 8.78 Å². The minimum atomic E-state index is -2.60. The van der Waals surface area contributed by atoms with Crippen molar-refractivity contribution in [1.29, 1.82) is 0 Å². The first kappa shape index (κ1) is 23.0. The van der Waals surface area contributed by atoms with Gasteiger partial charge in [0.05, 0.1) is 17.6 Å². The maximum atomic E-state index is 14.1. The second kappa shape index (κ2) is 9.74. The predicted octanol–water partition coefficient (Wildman–Crippen LogP) is 6.59. The van der Waals surface area contributed by atoms with Crippen LogP contribution in [0.25, 0.3) is 10.8 Å². The highest BCUT2D eigenvalue weighted by atomic mass is 19.3. The number of benzene rings is 2. The monoisotopic (exact) mass is 445 g/mol. The van der Waals surface area contributed by atoms with Gasteiger partial charge in [-0.15, -0.1) is 0 Å². The summed E-state index contributed by atoms with van der Waals surface area (Å²) >= 11 is 0. The van der Waals surface area contributed by atoms with E-state index in [1.807, 2.05) is 18.2 Å². The zero-order valence-electron chi connectivity index (χ0n) is 18.9. The van der Waals surface area contributed by atoms with E-state index < -0.39 is 12.4 Å². The maximum absolute atomic E-state index is 14.1. The van der Waals surface area contributed by atoms with Crippen LogP contribution in [0.1, 0.15) is 76.0 Å². The van der Waals surface area contributed by atoms with Gasteiger partial charge in [0.1, 0.15) is 5.75 Å². The largest absolute Gasteiger partial charge is 0.490 e. The van der Waals surface area contributed by atoms with Gasteiger partial charge in [-0.1, -0.05) is 25.1 Å². The third-order valence-electron chi connectivity index (χ3n) is 7.43. The number of fused-ring (bicyclic) bond motifs is 1. The smallest absolute Gasteiger partial charge is 0.306 e. The van der Waals surface area contributed by atoms with Crippen molar-refractivity contribution in [1.82, 2.24) is 4.90 Å². The number of hydrogen-bond donors (Lipinski definition) is 1. The molecule has 2 aromatic rings. The quantitative estimate of drug-likeness (QED) is 0.545. The van der Waals surface area contributed by atoms with Crippen molar-refractivity contribution in [2.45, 2.75) is 70.9 Å². The average molecular weight is 446 g/mol. The molecule has 0 amide bonds. The molecule has 4 nitrogen and oxygen atoms in total. The Bertz CT molecular complexity index is 947. The molecule has 1 saturated heterocycles. The third-order valence-corrected chi connectivity index (χ3v) is 7.43. The molecule has 1 N–H and O–H groups in total. The topological polar surface area (TPSA) is 49.8 Å². The highest BCUT2D eigenvalue weighted by Crippen LogP contribution is 2.39. The fraction of sp³-hybridized carbons (Fsp3) is 0.577. The Morgan fingerprint density at radius 3 is 2.38 bits per heavy atom. The second-order valence-corrected chi connectivity index (χ2v) is 9.58. The lowest BCUT2D eigenvalue weighted by Crippen LogP contribution is -2.37. The zero-order valence-corrected chi connectivity index (χ0v) is 18.9. The van der Waals surface area contributed by atoms with Crippen molar-refractivity contribution in [2.24, 2.45) is 11.8 Å². The van der Waals surface area contributed by atoms with Crippen LogP contribution < -0.4 is 4.74 Å². The summed E-state index contributed by atoms with van der Waals surface area (Å²) in [5, 5.41) is 10.5. The first-order chi connectivity index (χ1) is 15.3. The number of hydrogen-bond acceptors (Lipinski definition) is 3. The summed E-state index contributed by atoms with van der Waals surface area (Å²) in [5.74, 6) is -0.00214. The van der Waals surface area contributed by atoms with Crippen molar-refractivity contribution >= 4 is 16.7 Å². The van der Waals surface area contributed by atoms with Crippen LogP contribution >= 0.6 is 0 Å². The number of nitrogens with zero attached hydrogens (tertiary/aromatic N) is 1. The van der Waals surface area contributed by atoms with E-state index in [0.717, 1.165) is 49.7 Å². The Morgan fingerprint density at radius 2 is 1.75 bits per heavy atom. The summed E-state index contributed by atoms with van der Waals surface area (Å²) in [6.07, 6.45) is 2.67. The van der Waals surface area contributed by atoms with Crippen LogP contribution in [-0.4, -0.2) is 35.2 Å². The summed E-state index contributed by atoms with van der Waals surface area (Å²) in [6.45, 7) is 5.78. The lowest BCUT2D eigenvalue weighted by atomic mass is 9.89. The van der Waals surface area contributed by atoms with Gasteiger partial charge in [0.2, 0.25) is 0 Å². The van der Waals surface area contributed by atoms with Gasteiger partial charge in [-0.05, 0) is 92.9 Å². The van der Waals surface area contributed by atoms with Gasteiger partial charge in [0.15, 0.2) is 0 Å². The molecule has 2 fully saturated rings. The first-order valence-electron chi connectivity index (χ1n) is 11.8. The van der Waals surface area contributed by atoms with E-state index in [1.165, 1.54) is 0 Å². The Kier molecular flexibility index (Phi) is 6.99. The number of aliphatic carboxylic acids is 1. The number of likely N-dealkylation sites (tertiary alicyclic amines) is 1. The molecule has 4 rings (SSSR count). The Balaban J connectivity index is 1.55. The van der Waals surface area contributed by atoms with Crippen LogP contribution in [0.15, 0.2) is 30.3 Å². The summed E-state index contributed by atoms with van der Waals surface area (Å²) in [4.78, 5) is 13.5. The molecule has 1 saturated carbocycles. The van der Waals surface area contributed by atoms with Gasteiger partial charge in [-0.3, -0.25) is 9.69 Å². The molecule has 0 radical (unpaired) electrons. The Morgan fingerprint density at radius 1 is 1.06 bits per heavy atom. The van der Waals surface area contributed by atoms with Crippen molar-refractivity contribution < 1.29 is 23.4 Å². The summed E-state index contributed by atoms with van der Waals surface area (Å²) < 4.78 is 34.2. The van der Waals surface area contributed by atoms with E-state index in [0.29, 0.717) is 29.9 Å². The highest BCUT2D eigenvalue weighted by molar-refractivity contribution is 5.88. The predicted molar refractivity (Wildman–Crippen MR) is 121 cm³/mol. The van der Waals surface area contributed by atoms with E-state index >= 15 is 0 Å².